The Kier molecular flexibility index (Phi) is 24.1. The van der Waals surface area contributed by atoms with Gasteiger partial charge in [-0.1, -0.05) is 84.0 Å². The third-order valence-electron chi connectivity index (χ3n) is 3.43. The van der Waals surface area contributed by atoms with E-state index in [0.29, 0.717) is 0 Å². The monoisotopic (exact) mass is 322 g/mol. The number of carbonyl (C=O) groups excluding carboxylic acids is 1. The van der Waals surface area contributed by atoms with Gasteiger partial charge in [-0.05, 0) is 6.42 Å². The summed E-state index contributed by atoms with van der Waals surface area (Å²) >= 11 is -2.61. The normalized spacial score (nSPS) is 10.3. The van der Waals surface area contributed by atoms with E-state index in [1.54, 1.807) is 0 Å². The van der Waals surface area contributed by atoms with Crippen LogP contribution in [0.4, 0.5) is 0 Å². The Bertz CT molecular complexity index is 218. The van der Waals surface area contributed by atoms with Gasteiger partial charge in [-0.25, -0.2) is 0 Å². The van der Waals surface area contributed by atoms with Gasteiger partial charge in [0.25, 0.3) is 11.4 Å². The first-order valence-electron chi connectivity index (χ1n) is 8.38. The molecule has 21 heavy (non-hydrogen) atoms. The van der Waals surface area contributed by atoms with Crippen LogP contribution in [0, 0.1) is 0 Å². The van der Waals surface area contributed by atoms with Gasteiger partial charge in [0.2, 0.25) is 0 Å². The van der Waals surface area contributed by atoms with Gasteiger partial charge < -0.3 is 4.79 Å². The van der Waals surface area contributed by atoms with Crippen molar-refractivity contribution in [2.45, 2.75) is 96.8 Å². The molecule has 4 nitrogen and oxygen atoms in total. The zero-order valence-corrected chi connectivity index (χ0v) is 14.4. The Hall–Kier alpha value is -0.260. The average Bonchev–Trinajstić information content (AvgIpc) is 2.43. The van der Waals surface area contributed by atoms with E-state index in [4.69, 9.17) is 13.3 Å². The fourth-order valence-corrected chi connectivity index (χ4v) is 2.25. The number of carbonyl (C=O) groups is 1. The summed E-state index contributed by atoms with van der Waals surface area (Å²) in [5.74, 6) is 0. The van der Waals surface area contributed by atoms with Crippen molar-refractivity contribution in [1.82, 2.24) is 0 Å². The van der Waals surface area contributed by atoms with Gasteiger partial charge >= 0.3 is 0 Å². The second kappa shape index (κ2) is 22.0. The third kappa shape index (κ3) is 32.9. The summed E-state index contributed by atoms with van der Waals surface area (Å²) in [4.78, 5) is 10.1. The highest BCUT2D eigenvalue weighted by atomic mass is 32.2. The maximum atomic E-state index is 10.1. The fraction of sp³-hybridized carbons (Fsp3) is 0.938. The van der Waals surface area contributed by atoms with Crippen molar-refractivity contribution < 1.29 is 18.1 Å². The van der Waals surface area contributed by atoms with Gasteiger partial charge in [-0.3, -0.25) is 9.11 Å². The molecule has 0 saturated heterocycles. The lowest BCUT2D eigenvalue weighted by atomic mass is 10.0. The minimum Gasteiger partial charge on any atom is -0.303 e. The lowest BCUT2D eigenvalue weighted by Gasteiger charge is -2.02. The van der Waals surface area contributed by atoms with E-state index in [9.17, 15) is 4.79 Å². The van der Waals surface area contributed by atoms with Crippen molar-refractivity contribution in [2.24, 2.45) is 0 Å². The molecule has 0 unspecified atom stereocenters. The summed E-state index contributed by atoms with van der Waals surface area (Å²) in [6, 6.07) is 0. The maximum absolute atomic E-state index is 10.1. The lowest BCUT2D eigenvalue weighted by Crippen LogP contribution is -1.83. The van der Waals surface area contributed by atoms with Crippen LogP contribution in [0.25, 0.3) is 0 Å². The van der Waals surface area contributed by atoms with E-state index >= 15 is 0 Å². The first-order valence-corrected chi connectivity index (χ1v) is 9.45. The number of hydrogen-bond acceptors (Lipinski definition) is 2. The molecule has 0 spiro atoms. The van der Waals surface area contributed by atoms with Crippen LogP contribution in [0.2, 0.25) is 0 Å². The number of aldehydes is 1. The molecule has 0 aromatic heterocycles. The molecular weight excluding hydrogens is 288 g/mol. The van der Waals surface area contributed by atoms with Crippen molar-refractivity contribution in [3.05, 3.63) is 0 Å². The van der Waals surface area contributed by atoms with Crippen molar-refractivity contribution in [2.75, 3.05) is 0 Å². The average molecular weight is 323 g/mol. The molecule has 0 bridgehead atoms. The molecular formula is C16H34O4S. The van der Waals surface area contributed by atoms with Gasteiger partial charge in [0.15, 0.2) is 0 Å². The highest BCUT2D eigenvalue weighted by Gasteiger charge is 1.93. The van der Waals surface area contributed by atoms with Crippen molar-refractivity contribution in [3.63, 3.8) is 0 Å². The topological polar surface area (TPSA) is 74.6 Å². The zero-order valence-electron chi connectivity index (χ0n) is 13.6. The molecule has 0 aromatic rings. The predicted molar refractivity (Wildman–Crippen MR) is 89.8 cm³/mol. The molecule has 128 valence electrons. The van der Waals surface area contributed by atoms with Gasteiger partial charge in [0.05, 0.1) is 0 Å². The smallest absolute Gasteiger partial charge is 0.299 e. The Morgan fingerprint density at radius 2 is 1.00 bits per heavy atom. The van der Waals surface area contributed by atoms with E-state index in [1.165, 1.54) is 77.0 Å². The molecule has 0 amide bonds. The summed E-state index contributed by atoms with van der Waals surface area (Å²) in [5, 5.41) is 0. The van der Waals surface area contributed by atoms with Crippen molar-refractivity contribution in [3.8, 4) is 0 Å². The molecule has 0 fully saturated rings. The second-order valence-electron chi connectivity index (χ2n) is 5.43. The molecule has 2 N–H and O–H groups in total. The molecule has 0 radical (unpaired) electrons. The van der Waals surface area contributed by atoms with E-state index in [2.05, 4.69) is 6.92 Å². The summed E-state index contributed by atoms with van der Waals surface area (Å²) in [5.41, 5.74) is 0. The standard InChI is InChI=1S/C16H32O.H2O3S/c1-2-3-4-5-6-7-8-9-10-11-12-13-14-15-16-17;1-4(2)3/h16H,2-15H2,1H3;(H2,1,2,3). The molecule has 0 aliphatic rings. The van der Waals surface area contributed by atoms with E-state index < -0.39 is 11.4 Å². The van der Waals surface area contributed by atoms with E-state index in [1.807, 2.05) is 0 Å². The lowest BCUT2D eigenvalue weighted by molar-refractivity contribution is -0.107. The Morgan fingerprint density at radius 3 is 1.29 bits per heavy atom. The van der Waals surface area contributed by atoms with Gasteiger partial charge in [-0.15, -0.1) is 0 Å². The third-order valence-corrected chi connectivity index (χ3v) is 3.43. The summed E-state index contributed by atoms with van der Waals surface area (Å²) < 4.78 is 22.8. The van der Waals surface area contributed by atoms with E-state index in [-0.39, 0.29) is 0 Å². The van der Waals surface area contributed by atoms with Crippen LogP contribution in [-0.2, 0) is 16.2 Å². The first-order chi connectivity index (χ1) is 10.1. The van der Waals surface area contributed by atoms with Gasteiger partial charge in [0, 0.05) is 6.42 Å². The first kappa shape index (κ1) is 23.0. The molecule has 0 saturated carbocycles. The van der Waals surface area contributed by atoms with Crippen molar-refractivity contribution in [1.29, 1.82) is 0 Å². The van der Waals surface area contributed by atoms with E-state index in [0.717, 1.165) is 19.1 Å². The number of rotatable bonds is 14. The maximum Gasteiger partial charge on any atom is 0.299 e. The minimum absolute atomic E-state index is 0.762. The van der Waals surface area contributed by atoms with Crippen LogP contribution < -0.4 is 0 Å². The van der Waals surface area contributed by atoms with Crippen molar-refractivity contribution >= 4 is 17.6 Å². The minimum atomic E-state index is -2.61. The largest absolute Gasteiger partial charge is 0.303 e. The molecule has 5 heteroatoms. The Labute approximate surface area is 133 Å². The molecule has 0 atom stereocenters. The second-order valence-corrected chi connectivity index (χ2v) is 5.89. The number of hydrogen-bond donors (Lipinski definition) is 2. The Morgan fingerprint density at radius 1 is 0.714 bits per heavy atom. The summed E-state index contributed by atoms with van der Waals surface area (Å²) in [7, 11) is 0. The highest BCUT2D eigenvalue weighted by Crippen LogP contribution is 2.12. The summed E-state index contributed by atoms with van der Waals surface area (Å²) in [6.07, 6.45) is 19.6. The molecule has 0 aliphatic heterocycles. The Balaban J connectivity index is 0. The van der Waals surface area contributed by atoms with Crippen LogP contribution in [0.3, 0.4) is 0 Å². The quantitative estimate of drug-likeness (QED) is 0.257. The predicted octanol–water partition coefficient (Wildman–Crippen LogP) is 5.35. The van der Waals surface area contributed by atoms with Crippen LogP contribution in [-0.4, -0.2) is 19.6 Å². The fourth-order valence-electron chi connectivity index (χ4n) is 2.25. The van der Waals surface area contributed by atoms with Gasteiger partial charge in [-0.2, -0.15) is 4.21 Å². The molecule has 0 aromatic carbocycles. The van der Waals surface area contributed by atoms with Crippen LogP contribution in [0.5, 0.6) is 0 Å². The van der Waals surface area contributed by atoms with Crippen LogP contribution in [0.1, 0.15) is 96.8 Å². The SMILES string of the molecule is CCCCCCCCCCCCCCCC=O.O=S(O)O. The summed E-state index contributed by atoms with van der Waals surface area (Å²) in [6.45, 7) is 2.27. The van der Waals surface area contributed by atoms with Crippen LogP contribution >= 0.6 is 0 Å². The zero-order chi connectivity index (χ0) is 16.2. The van der Waals surface area contributed by atoms with Gasteiger partial charge in [0.1, 0.15) is 6.29 Å². The van der Waals surface area contributed by atoms with Crippen LogP contribution in [0.15, 0.2) is 0 Å². The molecule has 0 rings (SSSR count). The molecule has 0 heterocycles. The molecule has 0 aliphatic carbocycles. The highest BCUT2D eigenvalue weighted by molar-refractivity contribution is 7.73. The number of unbranched alkanes of at least 4 members (excludes halogenated alkanes) is 13.